The zero-order chi connectivity index (χ0) is 26.4. The van der Waals surface area contributed by atoms with Crippen molar-refractivity contribution < 1.29 is 28.7 Å². The number of carbonyl (C=O) groups excluding carboxylic acids is 4. The number of ether oxygens (including phenoxy) is 2. The Hall–Kier alpha value is -4.32. The Kier molecular flexibility index (Phi) is 8.08. The number of piperazine rings is 1. The molecule has 2 N–H and O–H groups in total. The maximum Gasteiger partial charge on any atom is 0.414 e. The molecular formula is C25H28N6O6. The molecule has 1 unspecified atom stereocenters. The minimum Gasteiger partial charge on any atom is -0.465 e. The van der Waals surface area contributed by atoms with Crippen molar-refractivity contribution in [1.29, 1.82) is 0 Å². The predicted octanol–water partition coefficient (Wildman–Crippen LogP) is 0.660. The molecule has 12 nitrogen and oxygen atoms in total. The molecule has 0 bridgehead atoms. The first-order valence-corrected chi connectivity index (χ1v) is 11.9. The van der Waals surface area contributed by atoms with Crippen molar-refractivity contribution in [1.82, 2.24) is 14.8 Å². The van der Waals surface area contributed by atoms with Crippen LogP contribution in [0.25, 0.3) is 0 Å². The normalized spacial score (nSPS) is 18.6. The van der Waals surface area contributed by atoms with E-state index in [1.54, 1.807) is 49.5 Å². The first kappa shape index (κ1) is 25.8. The van der Waals surface area contributed by atoms with E-state index in [2.05, 4.69) is 9.98 Å². The lowest BCUT2D eigenvalue weighted by Crippen LogP contribution is -2.53. The van der Waals surface area contributed by atoms with E-state index in [1.807, 2.05) is 4.90 Å². The van der Waals surface area contributed by atoms with E-state index < -0.39 is 24.1 Å². The topological polar surface area (TPSA) is 148 Å². The number of benzene rings is 1. The number of anilines is 1. The summed E-state index contributed by atoms with van der Waals surface area (Å²) in [4.78, 5) is 61.5. The average Bonchev–Trinajstić information content (AvgIpc) is 3.26. The molecule has 2 aromatic rings. The van der Waals surface area contributed by atoms with Crippen molar-refractivity contribution in [3.05, 3.63) is 59.9 Å². The molecule has 3 heterocycles. The fraction of sp³-hybridized carbons (Fsp3) is 0.360. The molecule has 1 atom stereocenters. The molecule has 1 aromatic heterocycles. The molecular weight excluding hydrogens is 480 g/mol. The summed E-state index contributed by atoms with van der Waals surface area (Å²) in [5.41, 5.74) is 7.46. The second-order valence-corrected chi connectivity index (χ2v) is 8.56. The summed E-state index contributed by atoms with van der Waals surface area (Å²) >= 11 is 0. The number of cyclic esters (lactones) is 1. The van der Waals surface area contributed by atoms with E-state index in [-0.39, 0.29) is 31.4 Å². The number of pyridine rings is 1. The summed E-state index contributed by atoms with van der Waals surface area (Å²) in [5.74, 6) is -1.05. The van der Waals surface area contributed by atoms with Gasteiger partial charge in [-0.25, -0.2) is 4.79 Å². The van der Waals surface area contributed by atoms with Gasteiger partial charge in [-0.1, -0.05) is 0 Å². The van der Waals surface area contributed by atoms with Gasteiger partial charge in [0.1, 0.15) is 18.5 Å². The number of hydrogen-bond acceptors (Lipinski definition) is 8. The van der Waals surface area contributed by atoms with Crippen LogP contribution < -0.4 is 10.6 Å². The van der Waals surface area contributed by atoms with Gasteiger partial charge < -0.3 is 20.1 Å². The Bertz CT molecular complexity index is 1190. The van der Waals surface area contributed by atoms with Gasteiger partial charge in [0.05, 0.1) is 25.3 Å². The minimum absolute atomic E-state index is 0.0500. The quantitative estimate of drug-likeness (QED) is 0.308. The molecule has 2 aliphatic heterocycles. The summed E-state index contributed by atoms with van der Waals surface area (Å²) in [6, 6.07) is 9.99. The Labute approximate surface area is 213 Å². The van der Waals surface area contributed by atoms with Crippen LogP contribution in [-0.2, 0) is 19.1 Å². The summed E-state index contributed by atoms with van der Waals surface area (Å²) in [7, 11) is 0. The van der Waals surface area contributed by atoms with Crippen LogP contribution in [0.4, 0.5) is 10.5 Å². The molecule has 2 aliphatic rings. The zero-order valence-electron chi connectivity index (χ0n) is 20.4. The number of nitrogens with zero attached hydrogens (tertiary/aromatic N) is 5. The van der Waals surface area contributed by atoms with Crippen molar-refractivity contribution in [2.24, 2.45) is 10.7 Å². The van der Waals surface area contributed by atoms with Gasteiger partial charge in [-0.2, -0.15) is 4.99 Å². The van der Waals surface area contributed by atoms with Crippen LogP contribution in [0.3, 0.4) is 0 Å². The molecule has 2 saturated heterocycles. The SMILES string of the molecule is CCOC(=O)CN1CCN(CC2CN(c3ccc(C(N)=NC(=O)c4cccnc4)cc3)C(=O)O2)CC1=O. The lowest BCUT2D eigenvalue weighted by atomic mass is 10.1. The first-order chi connectivity index (χ1) is 17.8. The molecule has 0 aliphatic carbocycles. The maximum absolute atomic E-state index is 12.5. The average molecular weight is 509 g/mol. The Morgan fingerprint density at radius 1 is 1.16 bits per heavy atom. The summed E-state index contributed by atoms with van der Waals surface area (Å²) in [5, 5.41) is 0. The van der Waals surface area contributed by atoms with Crippen molar-refractivity contribution in [2.75, 3.05) is 50.8 Å². The summed E-state index contributed by atoms with van der Waals surface area (Å²) in [6.07, 6.45) is 2.07. The van der Waals surface area contributed by atoms with Crippen molar-refractivity contribution in [3.63, 3.8) is 0 Å². The monoisotopic (exact) mass is 508 g/mol. The molecule has 12 heteroatoms. The lowest BCUT2D eigenvalue weighted by Gasteiger charge is -2.34. The number of esters is 1. The van der Waals surface area contributed by atoms with E-state index in [4.69, 9.17) is 15.2 Å². The standard InChI is InChI=1S/C25H28N6O6/c1-2-36-22(33)16-30-11-10-29(15-21(30)32)13-20-14-31(25(35)37-20)19-7-5-17(6-8-19)23(26)28-24(34)18-4-3-9-27-12-18/h3-9,12,20H,2,10-11,13-16H2,1H3,(H2,26,28,34). The molecule has 0 radical (unpaired) electrons. The fourth-order valence-electron chi connectivity index (χ4n) is 4.10. The molecule has 1 aromatic carbocycles. The van der Waals surface area contributed by atoms with Gasteiger partial charge in [0.2, 0.25) is 5.91 Å². The molecule has 194 valence electrons. The molecule has 3 amide bonds. The van der Waals surface area contributed by atoms with Gasteiger partial charge in [-0.05, 0) is 43.3 Å². The molecule has 0 spiro atoms. The van der Waals surface area contributed by atoms with Gasteiger partial charge >= 0.3 is 12.1 Å². The third-order valence-corrected chi connectivity index (χ3v) is 5.96. The van der Waals surface area contributed by atoms with Crippen LogP contribution in [0.2, 0.25) is 0 Å². The highest BCUT2D eigenvalue weighted by Crippen LogP contribution is 2.23. The number of amides is 3. The van der Waals surface area contributed by atoms with Crippen LogP contribution >= 0.6 is 0 Å². The number of nitrogens with two attached hydrogens (primary N) is 1. The highest BCUT2D eigenvalue weighted by atomic mass is 16.6. The Balaban J connectivity index is 1.31. The summed E-state index contributed by atoms with van der Waals surface area (Å²) < 4.78 is 10.4. The van der Waals surface area contributed by atoms with E-state index in [0.717, 1.165) is 0 Å². The fourth-order valence-corrected chi connectivity index (χ4v) is 4.10. The highest BCUT2D eigenvalue weighted by molar-refractivity contribution is 6.08. The van der Waals surface area contributed by atoms with E-state index >= 15 is 0 Å². The van der Waals surface area contributed by atoms with E-state index in [1.165, 1.54) is 16.0 Å². The smallest absolute Gasteiger partial charge is 0.414 e. The zero-order valence-corrected chi connectivity index (χ0v) is 20.4. The van der Waals surface area contributed by atoms with Crippen molar-refractivity contribution in [2.45, 2.75) is 13.0 Å². The van der Waals surface area contributed by atoms with Gasteiger partial charge in [0, 0.05) is 43.3 Å². The van der Waals surface area contributed by atoms with Gasteiger partial charge in [-0.15, -0.1) is 0 Å². The largest absolute Gasteiger partial charge is 0.465 e. The molecule has 2 fully saturated rings. The third kappa shape index (κ3) is 6.47. The predicted molar refractivity (Wildman–Crippen MR) is 133 cm³/mol. The minimum atomic E-state index is -0.499. The molecule has 37 heavy (non-hydrogen) atoms. The van der Waals surface area contributed by atoms with Gasteiger partial charge in [0.25, 0.3) is 5.91 Å². The van der Waals surface area contributed by atoms with Gasteiger partial charge in [-0.3, -0.25) is 29.2 Å². The highest BCUT2D eigenvalue weighted by Gasteiger charge is 2.35. The number of hydrogen-bond donors (Lipinski definition) is 1. The summed E-state index contributed by atoms with van der Waals surface area (Å²) in [6.45, 7) is 3.74. The van der Waals surface area contributed by atoms with Crippen molar-refractivity contribution in [3.8, 4) is 0 Å². The third-order valence-electron chi connectivity index (χ3n) is 5.96. The van der Waals surface area contributed by atoms with Crippen LogP contribution in [-0.4, -0.2) is 96.5 Å². The molecule has 4 rings (SSSR count). The number of rotatable bonds is 8. The van der Waals surface area contributed by atoms with Crippen LogP contribution in [0.15, 0.2) is 53.8 Å². The number of carbonyl (C=O) groups is 4. The second kappa shape index (κ2) is 11.6. The number of amidine groups is 1. The van der Waals surface area contributed by atoms with Gasteiger partial charge in [0.15, 0.2) is 0 Å². The Morgan fingerprint density at radius 2 is 1.95 bits per heavy atom. The van der Waals surface area contributed by atoms with Crippen LogP contribution in [0.1, 0.15) is 22.8 Å². The first-order valence-electron chi connectivity index (χ1n) is 11.9. The van der Waals surface area contributed by atoms with Crippen LogP contribution in [0, 0.1) is 0 Å². The number of aromatic nitrogens is 1. The molecule has 0 saturated carbocycles. The second-order valence-electron chi connectivity index (χ2n) is 8.56. The van der Waals surface area contributed by atoms with Crippen LogP contribution in [0.5, 0.6) is 0 Å². The number of aliphatic imine (C=N–C) groups is 1. The Morgan fingerprint density at radius 3 is 2.62 bits per heavy atom. The van der Waals surface area contributed by atoms with E-state index in [0.29, 0.717) is 43.0 Å². The van der Waals surface area contributed by atoms with Crippen molar-refractivity contribution >= 4 is 35.4 Å². The lowest BCUT2D eigenvalue weighted by molar-refractivity contribution is -0.151. The van der Waals surface area contributed by atoms with E-state index in [9.17, 15) is 19.2 Å². The maximum atomic E-state index is 12.5.